The summed E-state index contributed by atoms with van der Waals surface area (Å²) in [6.45, 7) is 10.8. The molecule has 0 heterocycles. The zero-order valence-corrected chi connectivity index (χ0v) is 11.7. The topological polar surface area (TPSA) is 21.3 Å². The fourth-order valence-electron chi connectivity index (χ4n) is 1.66. The Hall–Kier alpha value is -0.0800. The zero-order valence-electron chi connectivity index (χ0n) is 11.7. The van der Waals surface area contributed by atoms with Crippen molar-refractivity contribution in [3.8, 4) is 0 Å². The van der Waals surface area contributed by atoms with E-state index < -0.39 is 0 Å². The molecule has 0 aliphatic rings. The molecule has 0 aliphatic carbocycles. The lowest BCUT2D eigenvalue weighted by Crippen LogP contribution is -2.37. The van der Waals surface area contributed by atoms with Gasteiger partial charge in [-0.2, -0.15) is 0 Å². The molecular weight excluding hydrogens is 198 g/mol. The van der Waals surface area contributed by atoms with Gasteiger partial charge in [-0.15, -0.1) is 0 Å². The van der Waals surface area contributed by atoms with Gasteiger partial charge in [0.05, 0.1) is 6.10 Å². The number of rotatable bonds is 11. The van der Waals surface area contributed by atoms with Crippen LogP contribution < -0.4 is 5.32 Å². The molecule has 0 radical (unpaired) electrons. The van der Waals surface area contributed by atoms with Gasteiger partial charge in [-0.05, 0) is 33.2 Å². The minimum atomic E-state index is 0.331. The van der Waals surface area contributed by atoms with Crippen molar-refractivity contribution in [1.29, 1.82) is 0 Å². The third kappa shape index (κ3) is 9.17. The summed E-state index contributed by atoms with van der Waals surface area (Å²) >= 11 is 0. The summed E-state index contributed by atoms with van der Waals surface area (Å²) in [5.74, 6) is 0. The highest BCUT2D eigenvalue weighted by molar-refractivity contribution is 4.67. The van der Waals surface area contributed by atoms with E-state index in [2.05, 4.69) is 33.0 Å². The summed E-state index contributed by atoms with van der Waals surface area (Å²) in [6.07, 6.45) is 8.09. The molecule has 16 heavy (non-hydrogen) atoms. The normalized spacial score (nSPS) is 15.0. The zero-order chi connectivity index (χ0) is 12.2. The molecule has 1 N–H and O–H groups in total. The molecule has 0 saturated carbocycles. The number of hydrogen-bond acceptors (Lipinski definition) is 2. The van der Waals surface area contributed by atoms with Crippen LogP contribution in [0.1, 0.15) is 66.2 Å². The third-order valence-corrected chi connectivity index (χ3v) is 3.05. The van der Waals surface area contributed by atoms with E-state index in [1.165, 1.54) is 38.5 Å². The number of hydrogen-bond donors (Lipinski definition) is 1. The van der Waals surface area contributed by atoms with Crippen molar-refractivity contribution >= 4 is 0 Å². The average molecular weight is 229 g/mol. The fraction of sp³-hybridized carbons (Fsp3) is 1.00. The van der Waals surface area contributed by atoms with Gasteiger partial charge in [0.15, 0.2) is 0 Å². The summed E-state index contributed by atoms with van der Waals surface area (Å²) in [5, 5.41) is 3.47. The van der Waals surface area contributed by atoms with Crippen LogP contribution in [-0.2, 0) is 4.74 Å². The van der Waals surface area contributed by atoms with Crippen LogP contribution >= 0.6 is 0 Å². The van der Waals surface area contributed by atoms with Crippen LogP contribution in [0.4, 0.5) is 0 Å². The molecule has 0 aromatic rings. The quantitative estimate of drug-likeness (QED) is 0.545. The van der Waals surface area contributed by atoms with Gasteiger partial charge in [0.25, 0.3) is 0 Å². The standard InChI is InChI=1S/C14H31NO/c1-5-7-8-9-10-12-16-14(4)13(3)15-11-6-2/h13-15H,5-12H2,1-4H3. The van der Waals surface area contributed by atoms with Crippen molar-refractivity contribution < 1.29 is 4.74 Å². The van der Waals surface area contributed by atoms with E-state index >= 15 is 0 Å². The van der Waals surface area contributed by atoms with Crippen LogP contribution in [0.25, 0.3) is 0 Å². The smallest absolute Gasteiger partial charge is 0.0697 e. The second-order valence-electron chi connectivity index (χ2n) is 4.73. The molecule has 0 aliphatic heterocycles. The molecule has 0 rings (SSSR count). The lowest BCUT2D eigenvalue weighted by molar-refractivity contribution is 0.0409. The van der Waals surface area contributed by atoms with Crippen molar-refractivity contribution in [3.05, 3.63) is 0 Å². The summed E-state index contributed by atoms with van der Waals surface area (Å²) in [5.41, 5.74) is 0. The van der Waals surface area contributed by atoms with Crippen molar-refractivity contribution in [3.63, 3.8) is 0 Å². The lowest BCUT2D eigenvalue weighted by Gasteiger charge is -2.21. The molecule has 0 fully saturated rings. The second kappa shape index (κ2) is 11.4. The molecule has 2 unspecified atom stereocenters. The molecule has 0 bridgehead atoms. The minimum Gasteiger partial charge on any atom is -0.377 e. The molecule has 2 nitrogen and oxygen atoms in total. The number of unbranched alkanes of at least 4 members (excludes halogenated alkanes) is 4. The van der Waals surface area contributed by atoms with E-state index in [-0.39, 0.29) is 0 Å². The Balaban J connectivity index is 3.31. The van der Waals surface area contributed by atoms with E-state index in [1.54, 1.807) is 0 Å². The maximum Gasteiger partial charge on any atom is 0.0697 e. The molecule has 0 amide bonds. The highest BCUT2D eigenvalue weighted by Gasteiger charge is 2.10. The predicted molar refractivity (Wildman–Crippen MR) is 71.9 cm³/mol. The van der Waals surface area contributed by atoms with E-state index in [0.29, 0.717) is 12.1 Å². The molecule has 98 valence electrons. The largest absolute Gasteiger partial charge is 0.377 e. The minimum absolute atomic E-state index is 0.331. The molecule has 0 saturated heterocycles. The fourth-order valence-corrected chi connectivity index (χ4v) is 1.66. The Labute approximate surface area is 102 Å². The van der Waals surface area contributed by atoms with Gasteiger partial charge in [-0.1, -0.05) is 39.5 Å². The first-order valence-electron chi connectivity index (χ1n) is 7.07. The van der Waals surface area contributed by atoms with Crippen LogP contribution in [0.2, 0.25) is 0 Å². The van der Waals surface area contributed by atoms with Crippen molar-refractivity contribution in [2.24, 2.45) is 0 Å². The van der Waals surface area contributed by atoms with E-state index in [1.807, 2.05) is 0 Å². The van der Waals surface area contributed by atoms with Gasteiger partial charge in [-0.25, -0.2) is 0 Å². The number of nitrogens with one attached hydrogen (secondary N) is 1. The van der Waals surface area contributed by atoms with Crippen LogP contribution in [0, 0.1) is 0 Å². The Morgan fingerprint density at radius 1 is 0.938 bits per heavy atom. The summed E-state index contributed by atoms with van der Waals surface area (Å²) in [4.78, 5) is 0. The van der Waals surface area contributed by atoms with Crippen molar-refractivity contribution in [2.75, 3.05) is 13.2 Å². The van der Waals surface area contributed by atoms with Gasteiger partial charge < -0.3 is 10.1 Å². The maximum atomic E-state index is 5.82. The molecular formula is C14H31NO. The molecule has 0 aromatic carbocycles. The van der Waals surface area contributed by atoms with Gasteiger partial charge >= 0.3 is 0 Å². The molecule has 0 spiro atoms. The summed E-state index contributed by atoms with van der Waals surface area (Å²) < 4.78 is 5.82. The van der Waals surface area contributed by atoms with Crippen molar-refractivity contribution in [2.45, 2.75) is 78.4 Å². The van der Waals surface area contributed by atoms with Crippen LogP contribution in [0.3, 0.4) is 0 Å². The Kier molecular flexibility index (Phi) is 11.3. The first-order chi connectivity index (χ1) is 7.72. The van der Waals surface area contributed by atoms with Gasteiger partial charge in [0.2, 0.25) is 0 Å². The lowest BCUT2D eigenvalue weighted by atomic mass is 10.1. The average Bonchev–Trinajstić information content (AvgIpc) is 2.30. The SMILES string of the molecule is CCCCCCCOC(C)C(C)NCCC. The van der Waals surface area contributed by atoms with Gasteiger partial charge in [-0.3, -0.25) is 0 Å². The van der Waals surface area contributed by atoms with Crippen LogP contribution in [0.15, 0.2) is 0 Å². The van der Waals surface area contributed by atoms with Gasteiger partial charge in [0, 0.05) is 12.6 Å². The first-order valence-corrected chi connectivity index (χ1v) is 7.07. The Morgan fingerprint density at radius 2 is 1.62 bits per heavy atom. The first kappa shape index (κ1) is 15.9. The second-order valence-corrected chi connectivity index (χ2v) is 4.73. The molecule has 2 heteroatoms. The predicted octanol–water partition coefficient (Wildman–Crippen LogP) is 3.75. The number of ether oxygens (including phenoxy) is 1. The van der Waals surface area contributed by atoms with Crippen molar-refractivity contribution in [1.82, 2.24) is 5.32 Å². The summed E-state index contributed by atoms with van der Waals surface area (Å²) in [6, 6.07) is 0.468. The van der Waals surface area contributed by atoms with Crippen LogP contribution in [-0.4, -0.2) is 25.3 Å². The van der Waals surface area contributed by atoms with E-state index in [0.717, 1.165) is 13.2 Å². The summed E-state index contributed by atoms with van der Waals surface area (Å²) in [7, 11) is 0. The van der Waals surface area contributed by atoms with Crippen LogP contribution in [0.5, 0.6) is 0 Å². The Bertz CT molecular complexity index is 139. The molecule has 2 atom stereocenters. The van der Waals surface area contributed by atoms with E-state index in [9.17, 15) is 0 Å². The highest BCUT2D eigenvalue weighted by atomic mass is 16.5. The molecule has 0 aromatic heterocycles. The van der Waals surface area contributed by atoms with Gasteiger partial charge in [0.1, 0.15) is 0 Å². The monoisotopic (exact) mass is 229 g/mol. The maximum absolute atomic E-state index is 5.82. The third-order valence-electron chi connectivity index (χ3n) is 3.05. The highest BCUT2D eigenvalue weighted by Crippen LogP contribution is 2.05. The van der Waals surface area contributed by atoms with E-state index in [4.69, 9.17) is 4.74 Å². The Morgan fingerprint density at radius 3 is 2.25 bits per heavy atom.